The molecule has 0 aromatic heterocycles. The zero-order chi connectivity index (χ0) is 44.9. The summed E-state index contributed by atoms with van der Waals surface area (Å²) in [4.78, 5) is 36.1. The molecule has 0 bridgehead atoms. The monoisotopic (exact) mass is 879 g/mol. The van der Waals surface area contributed by atoms with Crippen LogP contribution in [0.3, 0.4) is 0 Å². The minimum atomic E-state index is -1.45. The van der Waals surface area contributed by atoms with Crippen molar-refractivity contribution in [3.8, 4) is 11.5 Å². The first-order valence-electron chi connectivity index (χ1n) is 23.5. The molecule has 344 valence electrons. The first kappa shape index (κ1) is 46.9. The van der Waals surface area contributed by atoms with Crippen molar-refractivity contribution in [3.63, 3.8) is 0 Å². The van der Waals surface area contributed by atoms with Crippen LogP contribution in [0.15, 0.2) is 102 Å². The summed E-state index contributed by atoms with van der Waals surface area (Å²) in [7, 11) is 0. The average Bonchev–Trinajstić information content (AvgIpc) is 3.84. The van der Waals surface area contributed by atoms with Crippen LogP contribution in [0.5, 0.6) is 11.5 Å². The fraction of sp³-hybridized carbons (Fsp3) is 0.519. The molecule has 1 heterocycles. The highest BCUT2D eigenvalue weighted by Gasteiger charge is 2.65. The number of benzene rings is 3. The molecular weight excluding hydrogens is 814 g/mol. The standard InChI is InChI=1S/C52H66FN3O8/c1-3-30-61-52-47(56(35-38-20-23-40(53)24-21-38)48(59)27-22-36-14-8-9-15-36)33-45(55-62-4-2)43-31-39(18-10-12-28-57)42(19-11-13-29-58)49(50(43)52)44-32-41(25-26-46(44)64-52)63-51(60)54-34-37-16-6-5-7-17-37/h3,5-7,16-17,20-21,23-26,31-32,36,39,42,47,49-50,57-58H,1,4,8-15,18-19,22,27-30,33-35H2,2H3,(H,54,60). The highest BCUT2D eigenvalue weighted by molar-refractivity contribution is 6.03. The van der Waals surface area contributed by atoms with Gasteiger partial charge < -0.3 is 39.5 Å². The smallest absolute Gasteiger partial charge is 0.412 e. The van der Waals surface area contributed by atoms with Gasteiger partial charge in [-0.05, 0) is 104 Å². The van der Waals surface area contributed by atoms with Crippen LogP contribution in [0.2, 0.25) is 0 Å². The fourth-order valence-corrected chi connectivity index (χ4v) is 10.7. The predicted octanol–water partition coefficient (Wildman–Crippen LogP) is 9.77. The van der Waals surface area contributed by atoms with E-state index >= 15 is 4.79 Å². The quantitative estimate of drug-likeness (QED) is 0.0515. The fourth-order valence-electron chi connectivity index (χ4n) is 10.7. The highest BCUT2D eigenvalue weighted by Crippen LogP contribution is 2.62. The van der Waals surface area contributed by atoms with E-state index < -0.39 is 23.8 Å². The van der Waals surface area contributed by atoms with Gasteiger partial charge in [0.25, 0.3) is 0 Å². The van der Waals surface area contributed by atoms with Crippen LogP contribution < -0.4 is 14.8 Å². The lowest BCUT2D eigenvalue weighted by Crippen LogP contribution is -2.70. The summed E-state index contributed by atoms with van der Waals surface area (Å²) in [5.74, 6) is -1.25. The van der Waals surface area contributed by atoms with Gasteiger partial charge in [-0.25, -0.2) is 9.18 Å². The molecule has 2 fully saturated rings. The molecule has 12 heteroatoms. The highest BCUT2D eigenvalue weighted by atomic mass is 19.1. The first-order chi connectivity index (χ1) is 31.3. The molecule has 6 atom stereocenters. The Balaban J connectivity index is 1.38. The minimum absolute atomic E-state index is 0.00813. The van der Waals surface area contributed by atoms with Crippen molar-refractivity contribution in [2.45, 2.75) is 121 Å². The molecule has 3 aromatic carbocycles. The van der Waals surface area contributed by atoms with Gasteiger partial charge in [-0.2, -0.15) is 0 Å². The van der Waals surface area contributed by atoms with Gasteiger partial charge in [0, 0.05) is 50.6 Å². The van der Waals surface area contributed by atoms with Crippen LogP contribution in [-0.2, 0) is 27.5 Å². The molecule has 4 aliphatic rings. The molecule has 0 radical (unpaired) electrons. The summed E-state index contributed by atoms with van der Waals surface area (Å²) in [5, 5.41) is 27.6. The van der Waals surface area contributed by atoms with Gasteiger partial charge in [-0.1, -0.05) is 98.3 Å². The third-order valence-electron chi connectivity index (χ3n) is 13.6. The van der Waals surface area contributed by atoms with E-state index in [1.54, 1.807) is 24.3 Å². The number of oxime groups is 1. The number of carbonyl (C=O) groups is 2. The van der Waals surface area contributed by atoms with E-state index in [0.29, 0.717) is 55.5 Å². The third-order valence-corrected chi connectivity index (χ3v) is 13.6. The molecule has 0 spiro atoms. The Morgan fingerprint density at radius 1 is 0.969 bits per heavy atom. The van der Waals surface area contributed by atoms with Gasteiger partial charge in [0.15, 0.2) is 0 Å². The Bertz CT molecular complexity index is 2070. The van der Waals surface area contributed by atoms with Crippen LogP contribution >= 0.6 is 0 Å². The number of nitrogens with one attached hydrogen (secondary N) is 1. The SMILES string of the molecule is C=CCOC12Oc3ccc(OC(=O)NCc4ccccc4)cc3C3C(CCCCO)C(CCCCO)C=C(C(=NOCC)CC1N(Cc1ccc(F)cc1)C(=O)CCC1CCCC1)C32. The summed E-state index contributed by atoms with van der Waals surface area (Å²) < 4.78 is 34.8. The predicted molar refractivity (Wildman–Crippen MR) is 244 cm³/mol. The van der Waals surface area contributed by atoms with E-state index in [2.05, 4.69) is 18.0 Å². The molecule has 0 saturated heterocycles. The number of nitrogens with zero attached hydrogens (tertiary/aromatic N) is 2. The number of aliphatic hydroxyl groups is 2. The van der Waals surface area contributed by atoms with Gasteiger partial charge in [0.1, 0.15) is 30.0 Å². The summed E-state index contributed by atoms with van der Waals surface area (Å²) >= 11 is 0. The summed E-state index contributed by atoms with van der Waals surface area (Å²) in [6, 6.07) is 20.7. The summed E-state index contributed by atoms with van der Waals surface area (Å²) in [6.45, 7) is 7.04. The molecule has 7 rings (SSSR count). The molecule has 64 heavy (non-hydrogen) atoms. The van der Waals surface area contributed by atoms with E-state index in [4.69, 9.17) is 24.2 Å². The third kappa shape index (κ3) is 11.1. The van der Waals surface area contributed by atoms with E-state index in [9.17, 15) is 19.4 Å². The summed E-state index contributed by atoms with van der Waals surface area (Å²) in [5.41, 5.74) is 4.18. The zero-order valence-corrected chi connectivity index (χ0v) is 37.3. The van der Waals surface area contributed by atoms with Crippen molar-refractivity contribution in [1.82, 2.24) is 10.2 Å². The molecule has 6 unspecified atom stereocenters. The molecule has 3 aromatic rings. The van der Waals surface area contributed by atoms with E-state index in [1.807, 2.05) is 54.3 Å². The second kappa shape index (κ2) is 22.7. The molecule has 2 amide bonds. The maximum Gasteiger partial charge on any atom is 0.412 e. The number of hydrogen-bond acceptors (Lipinski definition) is 9. The average molecular weight is 880 g/mol. The maximum atomic E-state index is 15.0. The first-order valence-corrected chi connectivity index (χ1v) is 23.5. The lowest BCUT2D eigenvalue weighted by atomic mass is 9.55. The Kier molecular flexibility index (Phi) is 16.7. The molecule has 3 aliphatic carbocycles. The Labute approximate surface area is 377 Å². The Morgan fingerprint density at radius 2 is 1.72 bits per heavy atom. The number of fused-ring (bicyclic) bond motifs is 2. The Hall–Kier alpha value is -5.04. The molecular formula is C52H66FN3O8. The van der Waals surface area contributed by atoms with Crippen molar-refractivity contribution in [2.24, 2.45) is 28.8 Å². The number of rotatable bonds is 22. The van der Waals surface area contributed by atoms with Crippen LogP contribution in [0.1, 0.15) is 113 Å². The lowest BCUT2D eigenvalue weighted by Gasteiger charge is -2.60. The second-order valence-corrected chi connectivity index (χ2v) is 17.8. The number of unbranched alkanes of at least 4 members (excludes halogenated alkanes) is 2. The van der Waals surface area contributed by atoms with Gasteiger partial charge in [0.05, 0.1) is 18.2 Å². The van der Waals surface area contributed by atoms with Crippen LogP contribution in [0.4, 0.5) is 9.18 Å². The van der Waals surface area contributed by atoms with Crippen molar-refractivity contribution in [2.75, 3.05) is 26.4 Å². The van der Waals surface area contributed by atoms with Crippen molar-refractivity contribution in [1.29, 1.82) is 0 Å². The summed E-state index contributed by atoms with van der Waals surface area (Å²) in [6.07, 6.45) is 13.8. The molecule has 1 aliphatic heterocycles. The van der Waals surface area contributed by atoms with Crippen LogP contribution in [0.25, 0.3) is 0 Å². The second-order valence-electron chi connectivity index (χ2n) is 17.8. The zero-order valence-electron chi connectivity index (χ0n) is 37.3. The number of ether oxygens (including phenoxy) is 3. The largest absolute Gasteiger partial charge is 0.459 e. The van der Waals surface area contributed by atoms with Crippen molar-refractivity contribution >= 4 is 17.7 Å². The van der Waals surface area contributed by atoms with Gasteiger partial charge >= 0.3 is 6.09 Å². The number of allylic oxidation sites excluding steroid dienone is 1. The van der Waals surface area contributed by atoms with Gasteiger partial charge in [0.2, 0.25) is 11.7 Å². The van der Waals surface area contributed by atoms with Crippen molar-refractivity contribution in [3.05, 3.63) is 120 Å². The number of aliphatic hydroxyl groups excluding tert-OH is 2. The topological polar surface area (TPSA) is 139 Å². The van der Waals surface area contributed by atoms with E-state index in [-0.39, 0.29) is 62.3 Å². The Morgan fingerprint density at radius 3 is 2.44 bits per heavy atom. The van der Waals surface area contributed by atoms with Gasteiger partial charge in [-0.15, -0.1) is 6.58 Å². The van der Waals surface area contributed by atoms with Crippen molar-refractivity contribution < 1.29 is 43.2 Å². The molecule has 11 nitrogen and oxygen atoms in total. The van der Waals surface area contributed by atoms with E-state index in [1.165, 1.54) is 25.0 Å². The molecule has 3 N–H and O–H groups in total. The molecule has 2 saturated carbocycles. The van der Waals surface area contributed by atoms with Gasteiger partial charge in [-0.3, -0.25) is 4.79 Å². The normalized spacial score (nSPS) is 24.2. The maximum absolute atomic E-state index is 15.0. The number of amides is 2. The van der Waals surface area contributed by atoms with E-state index in [0.717, 1.165) is 67.2 Å². The number of halogens is 1. The minimum Gasteiger partial charge on any atom is -0.459 e. The van der Waals surface area contributed by atoms with Crippen LogP contribution in [-0.4, -0.2) is 71.1 Å². The number of hydrogen-bond donors (Lipinski definition) is 3. The van der Waals surface area contributed by atoms with Crippen LogP contribution in [0, 0.1) is 29.5 Å². The number of carbonyl (C=O) groups excluding carboxylic acids is 2. The lowest BCUT2D eigenvalue weighted by molar-refractivity contribution is -0.258.